The monoisotopic (exact) mass is 366 g/mol. The van der Waals surface area contributed by atoms with Gasteiger partial charge in [-0.25, -0.2) is 0 Å². The molecule has 8 aliphatic rings. The molecule has 0 saturated heterocycles. The van der Waals surface area contributed by atoms with Crippen LogP contribution in [0, 0.1) is 47.3 Å². The van der Waals surface area contributed by atoms with Gasteiger partial charge in [-0.3, -0.25) is 0 Å². The third-order valence-electron chi connectivity index (χ3n) is 8.92. The molecule has 0 amide bonds. The summed E-state index contributed by atoms with van der Waals surface area (Å²) in [5.74, 6) is 5.88. The van der Waals surface area contributed by atoms with Gasteiger partial charge in [0.25, 0.3) is 0 Å². The van der Waals surface area contributed by atoms with Crippen molar-refractivity contribution in [2.24, 2.45) is 57.6 Å². The molecule has 0 aromatic rings. The summed E-state index contributed by atoms with van der Waals surface area (Å²) in [7, 11) is 0. The summed E-state index contributed by atoms with van der Waals surface area (Å²) in [6, 6.07) is 0. The normalized spacial score (nSPS) is 63.6. The smallest absolute Gasteiger partial charge is 0.160 e. The lowest BCUT2D eigenvalue weighted by Gasteiger charge is -2.58. The maximum absolute atomic E-state index is 7.19. The second-order valence-corrected chi connectivity index (χ2v) is 11.5. The molecular weight excluding hydrogens is 339 g/mol. The molecule has 0 heterocycles. The average Bonchev–Trinajstić information content (AvgIpc) is 2.55. The number of hydrogen-bond acceptors (Lipinski definition) is 2. The Morgan fingerprint density at radius 2 is 0.708 bits per heavy atom. The zero-order valence-corrected chi connectivity index (χ0v) is 15.9. The number of azo groups is 1. The highest BCUT2D eigenvalue weighted by Gasteiger charge is 2.60. The molecule has 0 radical (unpaired) electrons. The van der Waals surface area contributed by atoms with E-state index in [-0.39, 0.29) is 0 Å². The highest BCUT2D eigenvalue weighted by molar-refractivity contribution is 6.25. The molecule has 2 nitrogen and oxygen atoms in total. The Hall–Kier alpha value is 0.180. The molecule has 0 aromatic carbocycles. The van der Waals surface area contributed by atoms with Crippen LogP contribution in [0.1, 0.15) is 64.2 Å². The van der Waals surface area contributed by atoms with Crippen molar-refractivity contribution < 1.29 is 0 Å². The van der Waals surface area contributed by atoms with E-state index in [2.05, 4.69) is 0 Å². The van der Waals surface area contributed by atoms with Crippen LogP contribution in [0.25, 0.3) is 0 Å². The summed E-state index contributed by atoms with van der Waals surface area (Å²) in [5, 5.41) is 9.86. The second-order valence-electron chi connectivity index (χ2n) is 10.3. The summed E-state index contributed by atoms with van der Waals surface area (Å²) in [5.41, 5.74) is 0. The third-order valence-corrected chi connectivity index (χ3v) is 10.3. The van der Waals surface area contributed by atoms with Crippen molar-refractivity contribution in [3.05, 3.63) is 0 Å². The molecule has 0 unspecified atom stereocenters. The van der Waals surface area contributed by atoms with Gasteiger partial charge in [0.05, 0.1) is 0 Å². The SMILES string of the molecule is ClC1(/N=N/C2(Cl)C3CC4CC(C3)CC2C4)C2CC3CC(C2)CC1C3. The van der Waals surface area contributed by atoms with Crippen molar-refractivity contribution in [2.75, 3.05) is 0 Å². The van der Waals surface area contributed by atoms with Crippen LogP contribution >= 0.6 is 23.2 Å². The maximum atomic E-state index is 7.19. The number of rotatable bonds is 2. The summed E-state index contributed by atoms with van der Waals surface area (Å²) < 4.78 is 0. The first-order valence-corrected chi connectivity index (χ1v) is 11.1. The van der Waals surface area contributed by atoms with Crippen molar-refractivity contribution >= 4 is 23.2 Å². The van der Waals surface area contributed by atoms with Gasteiger partial charge in [-0.2, -0.15) is 10.2 Å². The third kappa shape index (κ3) is 1.96. The van der Waals surface area contributed by atoms with E-state index in [0.29, 0.717) is 23.7 Å². The lowest BCUT2D eigenvalue weighted by atomic mass is 9.53. The van der Waals surface area contributed by atoms with Gasteiger partial charge < -0.3 is 0 Å². The minimum Gasteiger partial charge on any atom is -0.169 e. The van der Waals surface area contributed by atoms with E-state index in [9.17, 15) is 0 Å². The van der Waals surface area contributed by atoms with E-state index >= 15 is 0 Å². The van der Waals surface area contributed by atoms with Crippen LogP contribution < -0.4 is 0 Å². The van der Waals surface area contributed by atoms with Crippen LogP contribution in [0.3, 0.4) is 0 Å². The van der Waals surface area contributed by atoms with Gasteiger partial charge in [-0.1, -0.05) is 23.2 Å². The number of nitrogens with zero attached hydrogens (tertiary/aromatic N) is 2. The van der Waals surface area contributed by atoms with Gasteiger partial charge in [-0.15, -0.1) is 0 Å². The minimum atomic E-state index is -0.427. The molecule has 0 aromatic heterocycles. The molecule has 24 heavy (non-hydrogen) atoms. The molecule has 8 bridgehead atoms. The fourth-order valence-electron chi connectivity index (χ4n) is 8.17. The first-order chi connectivity index (χ1) is 11.5. The van der Waals surface area contributed by atoms with E-state index in [0.717, 1.165) is 23.7 Å². The lowest BCUT2D eigenvalue weighted by Crippen LogP contribution is -2.55. The highest BCUT2D eigenvalue weighted by Crippen LogP contribution is 2.64. The molecule has 8 saturated carbocycles. The summed E-state index contributed by atoms with van der Waals surface area (Å²) in [6.07, 6.45) is 13.1. The molecule has 0 aliphatic heterocycles. The first-order valence-electron chi connectivity index (χ1n) is 10.3. The van der Waals surface area contributed by atoms with Gasteiger partial charge >= 0.3 is 0 Å². The van der Waals surface area contributed by atoms with Crippen LogP contribution in [0.15, 0.2) is 10.2 Å². The van der Waals surface area contributed by atoms with Crippen molar-refractivity contribution in [2.45, 2.75) is 74.2 Å². The molecule has 0 N–H and O–H groups in total. The van der Waals surface area contributed by atoms with Crippen LogP contribution in [0.2, 0.25) is 0 Å². The van der Waals surface area contributed by atoms with Gasteiger partial charge in [0, 0.05) is 23.7 Å². The zero-order chi connectivity index (χ0) is 16.1. The first kappa shape index (κ1) is 15.3. The molecule has 0 spiro atoms. The summed E-state index contributed by atoms with van der Waals surface area (Å²) in [4.78, 5) is -0.853. The second kappa shape index (κ2) is 4.91. The number of alkyl halides is 2. The summed E-state index contributed by atoms with van der Waals surface area (Å²) >= 11 is 14.4. The van der Waals surface area contributed by atoms with Gasteiger partial charge in [0.15, 0.2) is 10.00 Å². The van der Waals surface area contributed by atoms with Crippen LogP contribution in [0.4, 0.5) is 0 Å². The van der Waals surface area contributed by atoms with Crippen LogP contribution in [-0.2, 0) is 0 Å². The molecule has 0 atom stereocenters. The van der Waals surface area contributed by atoms with Crippen molar-refractivity contribution in [1.29, 1.82) is 0 Å². The molecule has 132 valence electrons. The fraction of sp³-hybridized carbons (Fsp3) is 1.00. The van der Waals surface area contributed by atoms with E-state index in [1.165, 1.54) is 64.2 Å². The Morgan fingerprint density at radius 3 is 0.958 bits per heavy atom. The minimum absolute atomic E-state index is 0.427. The zero-order valence-electron chi connectivity index (χ0n) is 14.3. The summed E-state index contributed by atoms with van der Waals surface area (Å²) in [6.45, 7) is 0. The predicted octanol–water partition coefficient (Wildman–Crippen LogP) is 6.22. The Labute approximate surface area is 155 Å². The van der Waals surface area contributed by atoms with Crippen molar-refractivity contribution in [3.63, 3.8) is 0 Å². The van der Waals surface area contributed by atoms with Crippen molar-refractivity contribution in [1.82, 2.24) is 0 Å². The van der Waals surface area contributed by atoms with Gasteiger partial charge in [-0.05, 0) is 87.9 Å². The van der Waals surface area contributed by atoms with Gasteiger partial charge in [0.2, 0.25) is 0 Å². The number of hydrogen-bond donors (Lipinski definition) is 0. The van der Waals surface area contributed by atoms with E-state index in [1.54, 1.807) is 0 Å². The Morgan fingerprint density at radius 1 is 0.458 bits per heavy atom. The average molecular weight is 367 g/mol. The number of halogens is 2. The quantitative estimate of drug-likeness (QED) is 0.314. The van der Waals surface area contributed by atoms with E-state index in [4.69, 9.17) is 33.4 Å². The topological polar surface area (TPSA) is 24.7 Å². The van der Waals surface area contributed by atoms with Gasteiger partial charge in [0.1, 0.15) is 0 Å². The van der Waals surface area contributed by atoms with E-state index < -0.39 is 10.00 Å². The molecular formula is C20H28Cl2N2. The molecule has 8 fully saturated rings. The maximum Gasteiger partial charge on any atom is 0.160 e. The molecule has 8 rings (SSSR count). The molecule has 4 heteroatoms. The lowest BCUT2D eigenvalue weighted by molar-refractivity contribution is -0.0343. The highest BCUT2D eigenvalue weighted by atomic mass is 35.5. The largest absolute Gasteiger partial charge is 0.169 e. The van der Waals surface area contributed by atoms with Crippen LogP contribution in [0.5, 0.6) is 0 Å². The standard InChI is InChI=1S/C20H28Cl2N2/c21-19(15-3-11-1-12(5-15)6-16(19)4-11)23-24-20(22)17-7-13-2-14(9-17)10-18(20)8-13/h11-18H,1-10H2/b24-23+. The predicted molar refractivity (Wildman–Crippen MR) is 96.1 cm³/mol. The Kier molecular flexibility index (Phi) is 3.12. The van der Waals surface area contributed by atoms with Crippen molar-refractivity contribution in [3.8, 4) is 0 Å². The van der Waals surface area contributed by atoms with Crippen LogP contribution in [-0.4, -0.2) is 10.00 Å². The Bertz CT molecular complexity index is 480. The van der Waals surface area contributed by atoms with E-state index in [1.807, 2.05) is 0 Å². The Balaban J connectivity index is 1.30. The fourth-order valence-corrected chi connectivity index (χ4v) is 8.96. The molecule has 8 aliphatic carbocycles.